The molecule has 0 radical (unpaired) electrons. The van der Waals surface area contributed by atoms with Crippen LogP contribution in [0.4, 0.5) is 0 Å². The molecule has 0 unspecified atom stereocenters. The molecular weight excluding hydrogens is 204 g/mol. The second-order valence-corrected chi connectivity index (χ2v) is 9.27. The van der Waals surface area contributed by atoms with Gasteiger partial charge >= 0.3 is 0 Å². The maximum absolute atomic E-state index is 2.48. The van der Waals surface area contributed by atoms with E-state index in [2.05, 4.69) is 27.7 Å². The lowest BCUT2D eigenvalue weighted by Gasteiger charge is -2.68. The number of hydrogen-bond acceptors (Lipinski definition) is 0. The largest absolute Gasteiger partial charge is 0.0596 e. The third-order valence-electron chi connectivity index (χ3n) is 6.56. The van der Waals surface area contributed by atoms with Gasteiger partial charge in [0.25, 0.3) is 0 Å². The van der Waals surface area contributed by atoms with Crippen molar-refractivity contribution in [3.05, 3.63) is 0 Å². The van der Waals surface area contributed by atoms with E-state index in [1.165, 1.54) is 57.8 Å². The Kier molecular flexibility index (Phi) is 2.34. The molecule has 6 saturated carbocycles. The summed E-state index contributed by atoms with van der Waals surface area (Å²) >= 11 is 0. The van der Waals surface area contributed by atoms with Gasteiger partial charge < -0.3 is 0 Å². The smallest absolute Gasteiger partial charge is 0.0310 e. The minimum absolute atomic E-state index is 0.762. The zero-order valence-electron chi connectivity index (χ0n) is 12.4. The van der Waals surface area contributed by atoms with Crippen LogP contribution in [0.15, 0.2) is 0 Å². The average Bonchev–Trinajstić information content (AvgIpc) is 2.19. The van der Waals surface area contributed by atoms with Crippen molar-refractivity contribution in [1.29, 1.82) is 0 Å². The zero-order valence-corrected chi connectivity index (χ0v) is 12.4. The first kappa shape index (κ1) is 12.1. The lowest BCUT2D eigenvalue weighted by Crippen LogP contribution is -2.57. The van der Waals surface area contributed by atoms with Crippen molar-refractivity contribution in [2.45, 2.75) is 85.5 Å². The monoisotopic (exact) mass is 234 g/mol. The molecule has 0 aromatic rings. The predicted octanol–water partition coefficient (Wildman–Crippen LogP) is 5.56. The van der Waals surface area contributed by atoms with Crippen molar-refractivity contribution < 1.29 is 0 Å². The third-order valence-corrected chi connectivity index (χ3v) is 6.56. The van der Waals surface area contributed by atoms with Gasteiger partial charge in [0.1, 0.15) is 0 Å². The van der Waals surface area contributed by atoms with E-state index in [0.29, 0.717) is 0 Å². The fraction of sp³-hybridized carbons (Fsp3) is 1.00. The van der Waals surface area contributed by atoms with E-state index >= 15 is 0 Å². The van der Waals surface area contributed by atoms with Crippen molar-refractivity contribution in [2.75, 3.05) is 0 Å². The summed E-state index contributed by atoms with van der Waals surface area (Å²) in [4.78, 5) is 0. The standard InChI is InChI=1S/C10H18.C7H12/c1-9-3-6-10(2,7-4-9)8-5-9;1-6-3-7(2,4-6)5-6/h3-8H2,1-2H3;3-5H2,1-2H3. The van der Waals surface area contributed by atoms with Gasteiger partial charge in [-0.3, -0.25) is 0 Å². The van der Waals surface area contributed by atoms with Gasteiger partial charge in [-0.1, -0.05) is 27.7 Å². The van der Waals surface area contributed by atoms with Crippen molar-refractivity contribution in [2.24, 2.45) is 21.7 Å². The van der Waals surface area contributed by atoms with E-state index in [-0.39, 0.29) is 0 Å². The fourth-order valence-corrected chi connectivity index (χ4v) is 5.50. The Morgan fingerprint density at radius 2 is 0.647 bits per heavy atom. The van der Waals surface area contributed by atoms with Gasteiger partial charge in [-0.15, -0.1) is 0 Å². The van der Waals surface area contributed by atoms with Crippen LogP contribution >= 0.6 is 0 Å². The fourth-order valence-electron chi connectivity index (χ4n) is 5.50. The predicted molar refractivity (Wildman–Crippen MR) is 74.0 cm³/mol. The van der Waals surface area contributed by atoms with Crippen LogP contribution in [-0.4, -0.2) is 0 Å². The SMILES string of the molecule is CC12CC(C)(C1)C2.CC12CCC(C)(CC1)CC2. The van der Waals surface area contributed by atoms with Crippen LogP contribution in [0.3, 0.4) is 0 Å². The average molecular weight is 234 g/mol. The van der Waals surface area contributed by atoms with Gasteiger partial charge in [0.15, 0.2) is 0 Å². The van der Waals surface area contributed by atoms with Crippen molar-refractivity contribution >= 4 is 0 Å². The van der Waals surface area contributed by atoms with Gasteiger partial charge in [0.05, 0.1) is 0 Å². The van der Waals surface area contributed by atoms with Crippen LogP contribution in [0, 0.1) is 21.7 Å². The molecule has 0 aromatic heterocycles. The quantitative estimate of drug-likeness (QED) is 0.514. The molecule has 0 heterocycles. The molecule has 0 spiro atoms. The highest BCUT2D eigenvalue weighted by molar-refractivity contribution is 5.12. The molecule has 0 saturated heterocycles. The summed E-state index contributed by atoms with van der Waals surface area (Å²) in [6.45, 7) is 9.76. The normalized spacial score (nSPS) is 58.6. The molecule has 6 fully saturated rings. The molecule has 4 bridgehead atoms. The Balaban J connectivity index is 0.000000113. The molecule has 98 valence electrons. The van der Waals surface area contributed by atoms with Crippen LogP contribution in [-0.2, 0) is 0 Å². The molecular formula is C17H30. The summed E-state index contributed by atoms with van der Waals surface area (Å²) in [6, 6.07) is 0. The van der Waals surface area contributed by atoms with Crippen molar-refractivity contribution in [3.8, 4) is 0 Å². The molecule has 0 aromatic carbocycles. The van der Waals surface area contributed by atoms with E-state index in [1.807, 2.05) is 0 Å². The topological polar surface area (TPSA) is 0 Å². The van der Waals surface area contributed by atoms with E-state index in [1.54, 1.807) is 0 Å². The van der Waals surface area contributed by atoms with Crippen LogP contribution < -0.4 is 0 Å². The van der Waals surface area contributed by atoms with Crippen LogP contribution in [0.1, 0.15) is 85.5 Å². The minimum atomic E-state index is 0.762. The summed E-state index contributed by atoms with van der Waals surface area (Å²) in [5.41, 5.74) is 3.18. The van der Waals surface area contributed by atoms with E-state index in [4.69, 9.17) is 0 Å². The Morgan fingerprint density at radius 1 is 0.412 bits per heavy atom. The lowest BCUT2D eigenvalue weighted by atomic mass is 9.37. The first-order valence-corrected chi connectivity index (χ1v) is 7.74. The number of rotatable bonds is 0. The van der Waals surface area contributed by atoms with E-state index < -0.39 is 0 Å². The first-order valence-electron chi connectivity index (χ1n) is 7.74. The Morgan fingerprint density at radius 3 is 0.765 bits per heavy atom. The molecule has 6 rings (SSSR count). The minimum Gasteiger partial charge on any atom is -0.0596 e. The summed E-state index contributed by atoms with van der Waals surface area (Å²) < 4.78 is 0. The molecule has 0 N–H and O–H groups in total. The second-order valence-electron chi connectivity index (χ2n) is 9.27. The molecule has 6 aliphatic rings. The highest BCUT2D eigenvalue weighted by Gasteiger charge is 2.61. The Hall–Kier alpha value is 0. The summed E-state index contributed by atoms with van der Waals surface area (Å²) in [5, 5.41) is 0. The van der Waals surface area contributed by atoms with Gasteiger partial charge in [0.2, 0.25) is 0 Å². The second kappa shape index (κ2) is 3.31. The maximum Gasteiger partial charge on any atom is -0.0310 e. The molecule has 0 aliphatic heterocycles. The van der Waals surface area contributed by atoms with Gasteiger partial charge in [0, 0.05) is 0 Å². The highest BCUT2D eigenvalue weighted by atomic mass is 14.7. The molecule has 0 nitrogen and oxygen atoms in total. The molecule has 0 amide bonds. The number of fused-ring (bicyclic) bond motifs is 3. The van der Waals surface area contributed by atoms with Gasteiger partial charge in [-0.25, -0.2) is 0 Å². The lowest BCUT2D eigenvalue weighted by molar-refractivity contribution is -0.176. The zero-order chi connectivity index (χ0) is 12.4. The molecule has 6 aliphatic carbocycles. The Bertz CT molecular complexity index is 251. The van der Waals surface area contributed by atoms with Crippen LogP contribution in [0.2, 0.25) is 0 Å². The van der Waals surface area contributed by atoms with E-state index in [0.717, 1.165) is 21.7 Å². The molecule has 0 atom stereocenters. The maximum atomic E-state index is 2.48. The number of hydrogen-bond donors (Lipinski definition) is 0. The summed E-state index contributed by atoms with van der Waals surface area (Å²) in [7, 11) is 0. The van der Waals surface area contributed by atoms with Crippen molar-refractivity contribution in [1.82, 2.24) is 0 Å². The Labute approximate surface area is 108 Å². The third kappa shape index (κ3) is 2.06. The first-order chi connectivity index (χ1) is 7.74. The van der Waals surface area contributed by atoms with Crippen LogP contribution in [0.25, 0.3) is 0 Å². The van der Waals surface area contributed by atoms with E-state index in [9.17, 15) is 0 Å². The van der Waals surface area contributed by atoms with Gasteiger partial charge in [-0.2, -0.15) is 0 Å². The van der Waals surface area contributed by atoms with Crippen molar-refractivity contribution in [3.63, 3.8) is 0 Å². The highest BCUT2D eigenvalue weighted by Crippen LogP contribution is 2.72. The molecule has 17 heavy (non-hydrogen) atoms. The van der Waals surface area contributed by atoms with Gasteiger partial charge in [-0.05, 0) is 79.4 Å². The summed E-state index contributed by atoms with van der Waals surface area (Å²) in [6.07, 6.45) is 13.6. The molecule has 0 heteroatoms. The van der Waals surface area contributed by atoms with Crippen LogP contribution in [0.5, 0.6) is 0 Å². The summed E-state index contributed by atoms with van der Waals surface area (Å²) in [5.74, 6) is 0.